The molecule has 0 saturated carbocycles. The number of sulfonamides is 1. The lowest BCUT2D eigenvalue weighted by molar-refractivity contribution is 0.101. The van der Waals surface area contributed by atoms with Crippen molar-refractivity contribution in [2.75, 3.05) is 5.32 Å². The van der Waals surface area contributed by atoms with Crippen molar-refractivity contribution in [1.29, 1.82) is 0 Å². The van der Waals surface area contributed by atoms with Gasteiger partial charge >= 0.3 is 0 Å². The van der Waals surface area contributed by atoms with E-state index in [0.29, 0.717) is 5.69 Å². The van der Waals surface area contributed by atoms with Gasteiger partial charge in [-0.3, -0.25) is 4.79 Å². The van der Waals surface area contributed by atoms with Crippen molar-refractivity contribution in [3.05, 3.63) is 41.4 Å². The second kappa shape index (κ2) is 5.23. The van der Waals surface area contributed by atoms with Crippen molar-refractivity contribution in [3.8, 4) is 0 Å². The van der Waals surface area contributed by atoms with E-state index < -0.39 is 15.9 Å². The molecule has 0 spiro atoms. The molecule has 0 aliphatic heterocycles. The molecule has 106 valence electrons. The number of hydrogen-bond acceptors (Lipinski definition) is 4. The number of hydrogen-bond donors (Lipinski definition) is 2. The van der Waals surface area contributed by atoms with Crippen LogP contribution in [0.5, 0.6) is 0 Å². The van der Waals surface area contributed by atoms with E-state index in [1.165, 1.54) is 30.7 Å². The third-order valence-electron chi connectivity index (χ3n) is 2.57. The first-order valence-corrected chi connectivity index (χ1v) is 7.31. The Bertz CT molecular complexity index is 770. The number of anilines is 1. The number of benzene rings is 1. The summed E-state index contributed by atoms with van der Waals surface area (Å²) in [5, 5.41) is 7.63. The molecule has 1 heterocycles. The highest BCUT2D eigenvalue weighted by molar-refractivity contribution is 7.89. The van der Waals surface area contributed by atoms with E-state index in [4.69, 9.17) is 16.7 Å². The van der Waals surface area contributed by atoms with Gasteiger partial charge in [0.05, 0.1) is 28.1 Å². The molecule has 20 heavy (non-hydrogen) atoms. The zero-order valence-electron chi connectivity index (χ0n) is 10.4. The molecule has 1 aromatic carbocycles. The first-order valence-electron chi connectivity index (χ1n) is 5.39. The van der Waals surface area contributed by atoms with Gasteiger partial charge in [-0.1, -0.05) is 11.6 Å². The van der Waals surface area contributed by atoms with Gasteiger partial charge in [0.2, 0.25) is 10.0 Å². The van der Waals surface area contributed by atoms with Crippen molar-refractivity contribution >= 4 is 33.2 Å². The third-order valence-corrected chi connectivity index (χ3v) is 3.79. The highest BCUT2D eigenvalue weighted by atomic mass is 35.5. The predicted molar refractivity (Wildman–Crippen MR) is 74.0 cm³/mol. The Hall–Kier alpha value is -1.90. The van der Waals surface area contributed by atoms with Crippen molar-refractivity contribution < 1.29 is 13.2 Å². The van der Waals surface area contributed by atoms with Gasteiger partial charge in [-0.05, 0) is 18.2 Å². The largest absolute Gasteiger partial charge is 0.330 e. The first kappa shape index (κ1) is 14.5. The van der Waals surface area contributed by atoms with Crippen molar-refractivity contribution in [3.63, 3.8) is 0 Å². The summed E-state index contributed by atoms with van der Waals surface area (Å²) in [6, 6.07) is 3.81. The van der Waals surface area contributed by atoms with Gasteiger partial charge in [0.15, 0.2) is 0 Å². The molecule has 7 nitrogen and oxygen atoms in total. The standard InChI is InChI=1S/C11H11ClN4O3S/c1-16-6-14-5-10(16)11(17)15-9-3-2-7(4-8(9)12)20(13,18)19/h2-6H,1H3,(H,15,17)(H2,13,18,19). The number of nitrogens with one attached hydrogen (secondary N) is 1. The van der Waals surface area contributed by atoms with Gasteiger partial charge < -0.3 is 9.88 Å². The summed E-state index contributed by atoms with van der Waals surface area (Å²) < 4.78 is 23.9. The summed E-state index contributed by atoms with van der Waals surface area (Å²) in [6.45, 7) is 0. The maximum absolute atomic E-state index is 12.0. The topological polar surface area (TPSA) is 107 Å². The molecule has 0 atom stereocenters. The summed E-state index contributed by atoms with van der Waals surface area (Å²) >= 11 is 5.92. The van der Waals surface area contributed by atoms with Crippen molar-refractivity contribution in [1.82, 2.24) is 9.55 Å². The second-order valence-corrected chi connectivity index (χ2v) is 6.00. The van der Waals surface area contributed by atoms with Crippen LogP contribution in [-0.2, 0) is 17.1 Å². The summed E-state index contributed by atoms with van der Waals surface area (Å²) in [7, 11) is -2.16. The number of carbonyl (C=O) groups excluding carboxylic acids is 1. The SMILES string of the molecule is Cn1cncc1C(=O)Nc1ccc(S(N)(=O)=O)cc1Cl. The van der Waals surface area contributed by atoms with Crippen LogP contribution in [0, 0.1) is 0 Å². The smallest absolute Gasteiger partial charge is 0.273 e. The molecule has 0 unspecified atom stereocenters. The number of aromatic nitrogens is 2. The monoisotopic (exact) mass is 314 g/mol. The van der Waals surface area contributed by atoms with Crippen LogP contribution < -0.4 is 10.5 Å². The molecule has 1 aromatic heterocycles. The van der Waals surface area contributed by atoms with Crippen LogP contribution in [0.1, 0.15) is 10.5 Å². The summed E-state index contributed by atoms with van der Waals surface area (Å²) in [6.07, 6.45) is 2.89. The predicted octanol–water partition coefficient (Wildman–Crippen LogP) is 0.973. The van der Waals surface area contributed by atoms with Crippen LogP contribution in [0.15, 0.2) is 35.6 Å². The number of carbonyl (C=O) groups is 1. The lowest BCUT2D eigenvalue weighted by Gasteiger charge is -2.08. The van der Waals surface area contributed by atoms with Gasteiger partial charge in [-0.25, -0.2) is 18.5 Å². The number of halogens is 1. The van der Waals surface area contributed by atoms with Gasteiger partial charge in [0.1, 0.15) is 5.69 Å². The van der Waals surface area contributed by atoms with E-state index >= 15 is 0 Å². The number of rotatable bonds is 3. The Morgan fingerprint density at radius 2 is 2.15 bits per heavy atom. The molecular formula is C11H11ClN4O3S. The number of nitrogens with zero attached hydrogens (tertiary/aromatic N) is 2. The number of aryl methyl sites for hydroxylation is 1. The van der Waals surface area contributed by atoms with E-state index in [1.54, 1.807) is 11.6 Å². The van der Waals surface area contributed by atoms with Gasteiger partial charge in [0, 0.05) is 7.05 Å². The fourth-order valence-corrected chi connectivity index (χ4v) is 2.37. The number of amides is 1. The zero-order chi connectivity index (χ0) is 14.9. The molecule has 9 heteroatoms. The lowest BCUT2D eigenvalue weighted by Crippen LogP contribution is -2.16. The third kappa shape index (κ3) is 2.98. The Morgan fingerprint density at radius 1 is 1.45 bits per heavy atom. The maximum Gasteiger partial charge on any atom is 0.273 e. The lowest BCUT2D eigenvalue weighted by atomic mass is 10.3. The fraction of sp³-hybridized carbons (Fsp3) is 0.0909. The van der Waals surface area contributed by atoms with Gasteiger partial charge in [-0.15, -0.1) is 0 Å². The molecule has 0 bridgehead atoms. The highest BCUT2D eigenvalue weighted by Gasteiger charge is 2.14. The van der Waals surface area contributed by atoms with Crippen molar-refractivity contribution in [2.24, 2.45) is 12.2 Å². The summed E-state index contributed by atoms with van der Waals surface area (Å²) in [4.78, 5) is 15.7. The molecule has 0 fully saturated rings. The minimum Gasteiger partial charge on any atom is -0.330 e. The molecule has 1 amide bonds. The van der Waals surface area contributed by atoms with E-state index in [9.17, 15) is 13.2 Å². The Labute approximate surface area is 120 Å². The summed E-state index contributed by atoms with van der Waals surface area (Å²) in [5.41, 5.74) is 0.627. The molecule has 0 saturated heterocycles. The van der Waals surface area contributed by atoms with Crippen molar-refractivity contribution in [2.45, 2.75) is 4.90 Å². The minimum atomic E-state index is -3.83. The summed E-state index contributed by atoms with van der Waals surface area (Å²) in [5.74, 6) is -0.407. The zero-order valence-corrected chi connectivity index (χ0v) is 11.9. The van der Waals surface area contributed by atoms with E-state index in [-0.39, 0.29) is 15.6 Å². The normalized spacial score (nSPS) is 11.3. The number of primary sulfonamides is 1. The molecule has 3 N–H and O–H groups in total. The van der Waals surface area contributed by atoms with Crippen LogP contribution in [0.4, 0.5) is 5.69 Å². The van der Waals surface area contributed by atoms with Crippen LogP contribution in [0.3, 0.4) is 0 Å². The minimum absolute atomic E-state index is 0.0760. The molecule has 2 aromatic rings. The average Bonchev–Trinajstić information content (AvgIpc) is 2.76. The Balaban J connectivity index is 2.27. The van der Waals surface area contributed by atoms with Crippen LogP contribution in [0.2, 0.25) is 5.02 Å². The van der Waals surface area contributed by atoms with Gasteiger partial charge in [-0.2, -0.15) is 0 Å². The number of nitrogens with two attached hydrogens (primary N) is 1. The molecule has 0 radical (unpaired) electrons. The van der Waals surface area contributed by atoms with Crippen LogP contribution in [-0.4, -0.2) is 23.9 Å². The quantitative estimate of drug-likeness (QED) is 0.880. The van der Waals surface area contributed by atoms with Crippen LogP contribution in [0.25, 0.3) is 0 Å². The highest BCUT2D eigenvalue weighted by Crippen LogP contribution is 2.25. The van der Waals surface area contributed by atoms with Crippen LogP contribution >= 0.6 is 11.6 Å². The second-order valence-electron chi connectivity index (χ2n) is 4.03. The molecule has 0 aliphatic carbocycles. The Kier molecular flexibility index (Phi) is 3.80. The average molecular weight is 315 g/mol. The van der Waals surface area contributed by atoms with E-state index in [1.807, 2.05) is 0 Å². The Morgan fingerprint density at radius 3 is 2.65 bits per heavy atom. The number of imidazole rings is 1. The molecule has 2 rings (SSSR count). The first-order chi connectivity index (χ1) is 9.29. The van der Waals surface area contributed by atoms with Gasteiger partial charge in [0.25, 0.3) is 5.91 Å². The fourth-order valence-electron chi connectivity index (χ4n) is 1.54. The molecule has 0 aliphatic rings. The maximum atomic E-state index is 12.0. The van der Waals surface area contributed by atoms with E-state index in [2.05, 4.69) is 10.3 Å². The molecular weight excluding hydrogens is 304 g/mol. The van der Waals surface area contributed by atoms with E-state index in [0.717, 1.165) is 0 Å².